The summed E-state index contributed by atoms with van der Waals surface area (Å²) in [5.41, 5.74) is 1.79. The first kappa shape index (κ1) is 9.78. The molecule has 3 rings (SSSR count). The maximum atomic E-state index is 5.61. The lowest BCUT2D eigenvalue weighted by molar-refractivity contribution is 0.584. The van der Waals surface area contributed by atoms with Crippen molar-refractivity contribution >= 4 is 0 Å². The van der Waals surface area contributed by atoms with Gasteiger partial charge in [0.2, 0.25) is 11.8 Å². The molecule has 0 aliphatic heterocycles. The van der Waals surface area contributed by atoms with Gasteiger partial charge in [-0.25, -0.2) is 0 Å². The molecule has 0 atom stereocenters. The van der Waals surface area contributed by atoms with Crippen LogP contribution in [0.15, 0.2) is 52.9 Å². The van der Waals surface area contributed by atoms with Gasteiger partial charge in [-0.2, -0.15) is 0 Å². The van der Waals surface area contributed by atoms with E-state index in [2.05, 4.69) is 22.3 Å². The molecule has 0 aliphatic carbocycles. The molecule has 80 valence electrons. The minimum absolute atomic E-state index is 0.516. The Morgan fingerprint density at radius 1 is 0.706 bits per heavy atom. The fraction of sp³-hybridized carbons (Fsp3) is 0. The van der Waals surface area contributed by atoms with Crippen LogP contribution in [0.1, 0.15) is 0 Å². The van der Waals surface area contributed by atoms with Crippen molar-refractivity contribution in [3.63, 3.8) is 0 Å². The monoisotopic (exact) mass is 220 g/mol. The molecule has 0 amide bonds. The van der Waals surface area contributed by atoms with Crippen molar-refractivity contribution in [3.05, 3.63) is 60.7 Å². The molecule has 1 aromatic heterocycles. The highest BCUT2D eigenvalue weighted by Gasteiger charge is 2.09. The fourth-order valence-electron chi connectivity index (χ4n) is 1.52. The highest BCUT2D eigenvalue weighted by molar-refractivity contribution is 5.57. The maximum Gasteiger partial charge on any atom is 0.248 e. The van der Waals surface area contributed by atoms with Crippen LogP contribution in [0.5, 0.6) is 0 Å². The second kappa shape index (κ2) is 4.22. The predicted molar refractivity (Wildman–Crippen MR) is 62.8 cm³/mol. The quantitative estimate of drug-likeness (QED) is 0.666. The Balaban J connectivity index is 1.99. The molecule has 17 heavy (non-hydrogen) atoms. The zero-order valence-corrected chi connectivity index (χ0v) is 8.92. The summed E-state index contributed by atoms with van der Waals surface area (Å²) in [6.45, 7) is 0. The van der Waals surface area contributed by atoms with E-state index in [1.54, 1.807) is 0 Å². The molecule has 0 spiro atoms. The normalized spacial score (nSPS) is 10.4. The molecule has 2 radical (unpaired) electrons. The Morgan fingerprint density at radius 2 is 1.12 bits per heavy atom. The molecular weight excluding hydrogens is 212 g/mol. The van der Waals surface area contributed by atoms with Gasteiger partial charge in [0.25, 0.3) is 0 Å². The van der Waals surface area contributed by atoms with Crippen LogP contribution in [0.3, 0.4) is 0 Å². The lowest BCUT2D eigenvalue weighted by atomic mass is 10.2. The predicted octanol–water partition coefficient (Wildman–Crippen LogP) is 3.00. The molecule has 0 unspecified atom stereocenters. The summed E-state index contributed by atoms with van der Waals surface area (Å²) in [6, 6.07) is 20.7. The summed E-state index contributed by atoms with van der Waals surface area (Å²) in [4.78, 5) is 0. The van der Waals surface area contributed by atoms with Crippen molar-refractivity contribution in [2.24, 2.45) is 0 Å². The van der Waals surface area contributed by atoms with E-state index in [1.165, 1.54) is 0 Å². The number of aromatic nitrogens is 2. The first-order valence-corrected chi connectivity index (χ1v) is 5.20. The molecule has 0 fully saturated rings. The second-order valence-electron chi connectivity index (χ2n) is 3.49. The van der Waals surface area contributed by atoms with Gasteiger partial charge in [-0.1, -0.05) is 24.3 Å². The van der Waals surface area contributed by atoms with E-state index in [9.17, 15) is 0 Å². The van der Waals surface area contributed by atoms with Crippen LogP contribution in [0.25, 0.3) is 22.9 Å². The zero-order valence-electron chi connectivity index (χ0n) is 8.92. The van der Waals surface area contributed by atoms with Gasteiger partial charge in [-0.15, -0.1) is 10.2 Å². The minimum atomic E-state index is 0.516. The molecule has 3 heteroatoms. The summed E-state index contributed by atoms with van der Waals surface area (Å²) < 4.78 is 5.61. The van der Waals surface area contributed by atoms with Crippen LogP contribution in [0.4, 0.5) is 0 Å². The Morgan fingerprint density at radius 3 is 1.53 bits per heavy atom. The summed E-state index contributed by atoms with van der Waals surface area (Å²) in [5, 5.41) is 8.04. The molecule has 0 aliphatic rings. The Labute approximate surface area is 98.7 Å². The van der Waals surface area contributed by atoms with E-state index in [1.807, 2.05) is 48.5 Å². The number of benzene rings is 2. The van der Waals surface area contributed by atoms with Crippen molar-refractivity contribution in [1.29, 1.82) is 0 Å². The molecule has 0 saturated carbocycles. The van der Waals surface area contributed by atoms with Crippen LogP contribution < -0.4 is 0 Å². The number of rotatable bonds is 2. The SMILES string of the molecule is [c]1ccc(-c2nnc(-c3cc[c]cc3)o2)cc1. The van der Waals surface area contributed by atoms with Gasteiger partial charge in [-0.3, -0.25) is 0 Å². The Kier molecular flexibility index (Phi) is 2.43. The minimum Gasteiger partial charge on any atom is -0.416 e. The third kappa shape index (κ3) is 1.95. The standard InChI is InChI=1S/C14H8N2O/c1-3-7-11(8-4-1)13-15-16-14(17-13)12-9-5-2-6-10-12/h3-10H. The maximum absolute atomic E-state index is 5.61. The number of nitrogens with zero attached hydrogens (tertiary/aromatic N) is 2. The van der Waals surface area contributed by atoms with E-state index in [4.69, 9.17) is 4.42 Å². The third-order valence-electron chi connectivity index (χ3n) is 2.36. The molecule has 0 N–H and O–H groups in total. The molecule has 0 bridgehead atoms. The molecule has 0 saturated heterocycles. The first-order chi connectivity index (χ1) is 8.43. The van der Waals surface area contributed by atoms with E-state index >= 15 is 0 Å². The summed E-state index contributed by atoms with van der Waals surface area (Å²) in [5.74, 6) is 1.03. The van der Waals surface area contributed by atoms with E-state index in [0.717, 1.165) is 11.1 Å². The molecule has 3 aromatic rings. The van der Waals surface area contributed by atoms with Crippen LogP contribution in [-0.2, 0) is 0 Å². The summed E-state index contributed by atoms with van der Waals surface area (Å²) in [7, 11) is 0. The summed E-state index contributed by atoms with van der Waals surface area (Å²) >= 11 is 0. The third-order valence-corrected chi connectivity index (χ3v) is 2.36. The number of hydrogen-bond donors (Lipinski definition) is 0. The van der Waals surface area contributed by atoms with Gasteiger partial charge in [0.05, 0.1) is 0 Å². The van der Waals surface area contributed by atoms with Crippen molar-refractivity contribution in [2.75, 3.05) is 0 Å². The van der Waals surface area contributed by atoms with Gasteiger partial charge in [0.1, 0.15) is 0 Å². The smallest absolute Gasteiger partial charge is 0.248 e. The van der Waals surface area contributed by atoms with Crippen molar-refractivity contribution in [2.45, 2.75) is 0 Å². The fourth-order valence-corrected chi connectivity index (χ4v) is 1.52. The Hall–Kier alpha value is -2.42. The van der Waals surface area contributed by atoms with Crippen LogP contribution in [0, 0.1) is 12.1 Å². The lowest BCUT2D eigenvalue weighted by Gasteiger charge is -1.93. The van der Waals surface area contributed by atoms with Crippen LogP contribution in [-0.4, -0.2) is 10.2 Å². The molecular formula is C14H8N2O. The summed E-state index contributed by atoms with van der Waals surface area (Å²) in [6.07, 6.45) is 0. The van der Waals surface area contributed by atoms with Gasteiger partial charge in [0.15, 0.2) is 0 Å². The van der Waals surface area contributed by atoms with Crippen LogP contribution >= 0.6 is 0 Å². The average Bonchev–Trinajstić information content (AvgIpc) is 2.90. The van der Waals surface area contributed by atoms with Crippen LogP contribution in [0.2, 0.25) is 0 Å². The molecule has 2 aromatic carbocycles. The van der Waals surface area contributed by atoms with Crippen molar-refractivity contribution < 1.29 is 4.42 Å². The highest BCUT2D eigenvalue weighted by atomic mass is 16.4. The van der Waals surface area contributed by atoms with E-state index in [0.29, 0.717) is 11.8 Å². The van der Waals surface area contributed by atoms with Crippen molar-refractivity contribution in [1.82, 2.24) is 10.2 Å². The van der Waals surface area contributed by atoms with Gasteiger partial charge in [-0.05, 0) is 36.4 Å². The molecule has 3 nitrogen and oxygen atoms in total. The second-order valence-corrected chi connectivity index (χ2v) is 3.49. The first-order valence-electron chi connectivity index (χ1n) is 5.20. The van der Waals surface area contributed by atoms with Crippen molar-refractivity contribution in [3.8, 4) is 22.9 Å². The van der Waals surface area contributed by atoms with Gasteiger partial charge >= 0.3 is 0 Å². The van der Waals surface area contributed by atoms with Gasteiger partial charge < -0.3 is 4.42 Å². The van der Waals surface area contributed by atoms with E-state index < -0.39 is 0 Å². The average molecular weight is 220 g/mol. The molecule has 1 heterocycles. The van der Waals surface area contributed by atoms with Gasteiger partial charge in [0, 0.05) is 11.1 Å². The number of hydrogen-bond acceptors (Lipinski definition) is 3. The van der Waals surface area contributed by atoms with E-state index in [-0.39, 0.29) is 0 Å². The Bertz CT molecular complexity index is 548. The highest BCUT2D eigenvalue weighted by Crippen LogP contribution is 2.22. The zero-order chi connectivity index (χ0) is 11.5. The largest absolute Gasteiger partial charge is 0.416 e. The lowest BCUT2D eigenvalue weighted by Crippen LogP contribution is -1.76. The topological polar surface area (TPSA) is 38.9 Å².